The van der Waals surface area contributed by atoms with Gasteiger partial charge in [-0.1, -0.05) is 31.9 Å². The smallest absolute Gasteiger partial charge is 0.231 e. The maximum atomic E-state index is 12.6. The molecule has 4 rings (SSSR count). The molecule has 0 radical (unpaired) electrons. The Balaban J connectivity index is 1.43. The minimum absolute atomic E-state index is 0.0448. The van der Waals surface area contributed by atoms with Crippen LogP contribution in [0.15, 0.2) is 94.4 Å². The molecular formula is C26H20Br2N2O4+2. The second kappa shape index (κ2) is 10.3. The Morgan fingerprint density at radius 1 is 0.618 bits per heavy atom. The van der Waals surface area contributed by atoms with Gasteiger partial charge in [-0.25, -0.2) is 0 Å². The highest BCUT2D eigenvalue weighted by atomic mass is 79.9. The summed E-state index contributed by atoms with van der Waals surface area (Å²) >= 11 is 6.64. The molecule has 4 aromatic rings. The number of rotatable bonds is 7. The highest BCUT2D eigenvalue weighted by Gasteiger charge is 2.18. The highest BCUT2D eigenvalue weighted by molar-refractivity contribution is 9.10. The van der Waals surface area contributed by atoms with E-state index in [0.717, 1.165) is 20.1 Å². The van der Waals surface area contributed by atoms with Gasteiger partial charge in [0.15, 0.2) is 24.8 Å². The molecule has 2 aromatic carbocycles. The van der Waals surface area contributed by atoms with Crippen LogP contribution in [0.1, 0.15) is 20.7 Å². The van der Waals surface area contributed by atoms with Crippen molar-refractivity contribution in [3.8, 4) is 22.6 Å². The zero-order valence-electron chi connectivity index (χ0n) is 17.9. The predicted octanol–water partition coefficient (Wildman–Crippen LogP) is 4.63. The first-order valence-electron chi connectivity index (χ1n) is 10.3. The van der Waals surface area contributed by atoms with Crippen molar-refractivity contribution in [1.29, 1.82) is 0 Å². The normalized spacial score (nSPS) is 10.8. The second-order valence-corrected chi connectivity index (χ2v) is 9.52. The summed E-state index contributed by atoms with van der Waals surface area (Å²) in [5, 5.41) is 19.9. The minimum atomic E-state index is -0.196. The zero-order valence-corrected chi connectivity index (χ0v) is 21.0. The largest absolute Gasteiger partial charge is 0.507 e. The van der Waals surface area contributed by atoms with E-state index in [4.69, 9.17) is 0 Å². The standard InChI is InChI=1S/C26H18Br2N2O4/c27-19-1-3-23(31)21(13-19)25(33)15-29-9-5-17(6-10-29)18-7-11-30(12-8-18)16-26(34)22-14-20(28)2-4-24(22)32/h1-14H,15-16H2/p+2. The quantitative estimate of drug-likeness (QED) is 0.245. The number of hydrogen-bond acceptors (Lipinski definition) is 4. The van der Waals surface area contributed by atoms with Crippen LogP contribution in [-0.2, 0) is 13.1 Å². The second-order valence-electron chi connectivity index (χ2n) is 7.69. The van der Waals surface area contributed by atoms with Gasteiger partial charge in [0.2, 0.25) is 24.7 Å². The Morgan fingerprint density at radius 2 is 0.971 bits per heavy atom. The molecule has 0 unspecified atom stereocenters. The van der Waals surface area contributed by atoms with Crippen molar-refractivity contribution in [3.63, 3.8) is 0 Å². The number of benzene rings is 2. The molecule has 0 fully saturated rings. The fraction of sp³-hybridized carbons (Fsp3) is 0.0769. The summed E-state index contributed by atoms with van der Waals surface area (Å²) in [6, 6.07) is 17.1. The molecule has 0 amide bonds. The summed E-state index contributed by atoms with van der Waals surface area (Å²) < 4.78 is 4.95. The Labute approximate surface area is 213 Å². The molecule has 0 spiro atoms. The number of phenolic OH excluding ortho intramolecular Hbond substituents is 2. The summed E-state index contributed by atoms with van der Waals surface area (Å²) in [5.74, 6) is -0.481. The number of aromatic nitrogens is 2. The molecule has 34 heavy (non-hydrogen) atoms. The van der Waals surface area contributed by atoms with Crippen LogP contribution in [0.25, 0.3) is 11.1 Å². The van der Waals surface area contributed by atoms with Gasteiger partial charge in [0, 0.05) is 33.2 Å². The minimum Gasteiger partial charge on any atom is -0.507 e. The number of pyridine rings is 2. The summed E-state index contributed by atoms with van der Waals surface area (Å²) in [6.45, 7) is 0.202. The van der Waals surface area contributed by atoms with Gasteiger partial charge in [0.05, 0.1) is 11.1 Å². The molecule has 8 heteroatoms. The average molecular weight is 584 g/mol. The molecule has 2 aromatic heterocycles. The fourth-order valence-corrected chi connectivity index (χ4v) is 4.20. The van der Waals surface area contributed by atoms with Crippen molar-refractivity contribution in [2.75, 3.05) is 0 Å². The van der Waals surface area contributed by atoms with Crippen LogP contribution < -0.4 is 9.13 Å². The van der Waals surface area contributed by atoms with Gasteiger partial charge in [-0.2, -0.15) is 9.13 Å². The lowest BCUT2D eigenvalue weighted by Crippen LogP contribution is -2.37. The number of carbonyl (C=O) groups excluding carboxylic acids is 2. The average Bonchev–Trinajstić information content (AvgIpc) is 2.83. The van der Waals surface area contributed by atoms with Crippen molar-refractivity contribution in [2.45, 2.75) is 13.1 Å². The lowest BCUT2D eigenvalue weighted by molar-refractivity contribution is -0.683. The van der Waals surface area contributed by atoms with E-state index in [0.29, 0.717) is 0 Å². The van der Waals surface area contributed by atoms with E-state index in [1.807, 2.05) is 49.1 Å². The van der Waals surface area contributed by atoms with Crippen molar-refractivity contribution in [2.24, 2.45) is 0 Å². The highest BCUT2D eigenvalue weighted by Crippen LogP contribution is 2.23. The zero-order chi connectivity index (χ0) is 24.2. The van der Waals surface area contributed by atoms with Gasteiger partial charge in [0.1, 0.15) is 11.5 Å². The Hall–Kier alpha value is -3.36. The monoisotopic (exact) mass is 582 g/mol. The Kier molecular flexibility index (Phi) is 7.19. The maximum Gasteiger partial charge on any atom is 0.231 e. The van der Waals surface area contributed by atoms with Crippen LogP contribution in [0.5, 0.6) is 11.5 Å². The first-order valence-corrected chi connectivity index (χ1v) is 11.9. The first kappa shape index (κ1) is 23.8. The summed E-state index contributed by atoms with van der Waals surface area (Å²) in [7, 11) is 0. The van der Waals surface area contributed by atoms with Crippen LogP contribution >= 0.6 is 31.9 Å². The number of nitrogens with zero attached hydrogens (tertiary/aromatic N) is 2. The van der Waals surface area contributed by atoms with Crippen LogP contribution in [0, 0.1) is 0 Å². The molecule has 170 valence electrons. The molecule has 0 saturated carbocycles. The number of hydrogen-bond donors (Lipinski definition) is 2. The van der Waals surface area contributed by atoms with Crippen LogP contribution in [0.4, 0.5) is 0 Å². The molecule has 0 aliphatic carbocycles. The summed E-state index contributed by atoms with van der Waals surface area (Å²) in [6.07, 6.45) is 7.23. The van der Waals surface area contributed by atoms with E-state index in [1.165, 1.54) is 12.1 Å². The number of halogens is 2. The SMILES string of the molecule is O=C(C[n+]1ccc(-c2cc[n+](CC(=O)c3cc(Br)ccc3O)cc2)cc1)c1cc(Br)ccc1O. The fourth-order valence-electron chi connectivity index (χ4n) is 3.48. The third-order valence-electron chi connectivity index (χ3n) is 5.29. The number of Topliss-reactive ketones (excluding diaryl/α,β-unsaturated/α-hetero) is 2. The predicted molar refractivity (Wildman–Crippen MR) is 133 cm³/mol. The van der Waals surface area contributed by atoms with Gasteiger partial charge in [-0.15, -0.1) is 0 Å². The van der Waals surface area contributed by atoms with E-state index in [1.54, 1.807) is 33.4 Å². The molecule has 0 atom stereocenters. The molecule has 0 saturated heterocycles. The third kappa shape index (κ3) is 5.58. The van der Waals surface area contributed by atoms with E-state index in [2.05, 4.69) is 31.9 Å². The molecule has 0 bridgehead atoms. The van der Waals surface area contributed by atoms with Crippen LogP contribution in [0.3, 0.4) is 0 Å². The Bertz CT molecular complexity index is 1260. The number of phenols is 2. The topological polar surface area (TPSA) is 82.4 Å². The first-order chi connectivity index (χ1) is 16.3. The molecular weight excluding hydrogens is 564 g/mol. The lowest BCUT2D eigenvalue weighted by atomic mass is 10.1. The number of carbonyl (C=O) groups is 2. The molecule has 2 heterocycles. The van der Waals surface area contributed by atoms with Crippen molar-refractivity contribution in [3.05, 3.63) is 106 Å². The third-order valence-corrected chi connectivity index (χ3v) is 6.27. The molecule has 0 aliphatic rings. The van der Waals surface area contributed by atoms with E-state index < -0.39 is 0 Å². The van der Waals surface area contributed by atoms with Gasteiger partial charge in [0.25, 0.3) is 0 Å². The number of ketones is 2. The van der Waals surface area contributed by atoms with Gasteiger partial charge < -0.3 is 10.2 Å². The van der Waals surface area contributed by atoms with Gasteiger partial charge in [-0.05, 0) is 47.5 Å². The number of aromatic hydroxyl groups is 2. The van der Waals surface area contributed by atoms with Crippen molar-refractivity contribution in [1.82, 2.24) is 0 Å². The summed E-state index contributed by atoms with van der Waals surface area (Å²) in [4.78, 5) is 25.1. The van der Waals surface area contributed by atoms with E-state index >= 15 is 0 Å². The van der Waals surface area contributed by atoms with Crippen molar-refractivity contribution >= 4 is 43.4 Å². The van der Waals surface area contributed by atoms with Gasteiger partial charge in [-0.3, -0.25) is 9.59 Å². The van der Waals surface area contributed by atoms with E-state index in [9.17, 15) is 19.8 Å². The van der Waals surface area contributed by atoms with Crippen LogP contribution in [-0.4, -0.2) is 21.8 Å². The van der Waals surface area contributed by atoms with E-state index in [-0.39, 0.29) is 47.3 Å². The molecule has 6 nitrogen and oxygen atoms in total. The Morgan fingerprint density at radius 3 is 1.32 bits per heavy atom. The maximum absolute atomic E-state index is 12.6. The molecule has 0 aliphatic heterocycles. The molecule has 2 N–H and O–H groups in total. The lowest BCUT2D eigenvalue weighted by Gasteiger charge is -2.04. The van der Waals surface area contributed by atoms with Crippen LogP contribution in [0.2, 0.25) is 0 Å². The summed E-state index contributed by atoms with van der Waals surface area (Å²) in [5.41, 5.74) is 2.45. The van der Waals surface area contributed by atoms with Crippen molar-refractivity contribution < 1.29 is 28.9 Å². The van der Waals surface area contributed by atoms with Gasteiger partial charge >= 0.3 is 0 Å².